The van der Waals surface area contributed by atoms with Gasteiger partial charge in [-0.2, -0.15) is 0 Å². The lowest BCUT2D eigenvalue weighted by Crippen LogP contribution is -2.49. The Morgan fingerprint density at radius 3 is 2.21 bits per heavy atom. The lowest BCUT2D eigenvalue weighted by atomic mass is 10.1. The van der Waals surface area contributed by atoms with Gasteiger partial charge in [-0.3, -0.25) is 9.69 Å². The molecule has 5 heteroatoms. The third kappa shape index (κ3) is 4.26. The normalized spacial score (nSPS) is 15.9. The standard InChI is InChI=1S/C23H25N3O2/c27-23(19-8-3-1-4-9-19)24-18-21(22-12-7-17-28-22)26-15-13-25(14-16-26)20-10-5-2-6-11-20/h1-12,17,21H,13-16,18H2,(H,24,27)/t21-/m0/s1. The van der Waals surface area contributed by atoms with Gasteiger partial charge < -0.3 is 14.6 Å². The number of hydrogen-bond donors (Lipinski definition) is 1. The van der Waals surface area contributed by atoms with Crippen LogP contribution in [-0.4, -0.2) is 43.5 Å². The highest BCUT2D eigenvalue weighted by atomic mass is 16.3. The molecule has 1 aliphatic heterocycles. The average molecular weight is 375 g/mol. The van der Waals surface area contributed by atoms with Gasteiger partial charge in [0.05, 0.1) is 12.3 Å². The van der Waals surface area contributed by atoms with Crippen molar-refractivity contribution in [3.8, 4) is 0 Å². The summed E-state index contributed by atoms with van der Waals surface area (Å²) in [4.78, 5) is 17.3. The molecule has 4 rings (SSSR count). The van der Waals surface area contributed by atoms with Crippen molar-refractivity contribution < 1.29 is 9.21 Å². The monoisotopic (exact) mass is 375 g/mol. The molecule has 28 heavy (non-hydrogen) atoms. The van der Waals surface area contributed by atoms with Crippen LogP contribution in [0.4, 0.5) is 5.69 Å². The Kier molecular flexibility index (Phi) is 5.73. The van der Waals surface area contributed by atoms with Crippen LogP contribution in [0.2, 0.25) is 0 Å². The van der Waals surface area contributed by atoms with Gasteiger partial charge in [0, 0.05) is 44.0 Å². The highest BCUT2D eigenvalue weighted by molar-refractivity contribution is 5.94. The third-order valence-electron chi connectivity index (χ3n) is 5.24. The maximum atomic E-state index is 12.5. The van der Waals surface area contributed by atoms with Crippen molar-refractivity contribution in [2.45, 2.75) is 6.04 Å². The van der Waals surface area contributed by atoms with E-state index in [1.54, 1.807) is 6.26 Å². The summed E-state index contributed by atoms with van der Waals surface area (Å²) in [5, 5.41) is 3.07. The second-order valence-corrected chi connectivity index (χ2v) is 6.97. The van der Waals surface area contributed by atoms with E-state index < -0.39 is 0 Å². The van der Waals surface area contributed by atoms with Crippen LogP contribution in [-0.2, 0) is 0 Å². The molecule has 1 saturated heterocycles. The van der Waals surface area contributed by atoms with Gasteiger partial charge in [0.25, 0.3) is 5.91 Å². The highest BCUT2D eigenvalue weighted by Crippen LogP contribution is 2.24. The van der Waals surface area contributed by atoms with Gasteiger partial charge in [-0.1, -0.05) is 36.4 Å². The zero-order valence-corrected chi connectivity index (χ0v) is 15.8. The number of hydrogen-bond acceptors (Lipinski definition) is 4. The molecular formula is C23H25N3O2. The van der Waals surface area contributed by atoms with E-state index in [9.17, 15) is 4.79 Å². The van der Waals surface area contributed by atoms with E-state index in [0.717, 1.165) is 31.9 Å². The van der Waals surface area contributed by atoms with Crippen LogP contribution < -0.4 is 10.2 Å². The van der Waals surface area contributed by atoms with Gasteiger partial charge in [-0.15, -0.1) is 0 Å². The minimum Gasteiger partial charge on any atom is -0.468 e. The fraction of sp³-hybridized carbons (Fsp3) is 0.261. The minimum atomic E-state index is -0.0555. The predicted molar refractivity (Wildman–Crippen MR) is 110 cm³/mol. The van der Waals surface area contributed by atoms with E-state index in [-0.39, 0.29) is 11.9 Å². The molecule has 0 radical (unpaired) electrons. The summed E-state index contributed by atoms with van der Waals surface area (Å²) in [5.41, 5.74) is 1.93. The van der Waals surface area contributed by atoms with Crippen LogP contribution in [0.1, 0.15) is 22.2 Å². The molecule has 1 aliphatic rings. The largest absolute Gasteiger partial charge is 0.468 e. The Hall–Kier alpha value is -3.05. The number of amides is 1. The number of nitrogens with one attached hydrogen (secondary N) is 1. The van der Waals surface area contributed by atoms with Crippen molar-refractivity contribution in [1.82, 2.24) is 10.2 Å². The second kappa shape index (κ2) is 8.76. The predicted octanol–water partition coefficient (Wildman–Crippen LogP) is 3.57. The zero-order chi connectivity index (χ0) is 19.2. The first-order chi connectivity index (χ1) is 13.8. The Bertz CT molecular complexity index is 857. The van der Waals surface area contributed by atoms with Crippen molar-refractivity contribution >= 4 is 11.6 Å². The van der Waals surface area contributed by atoms with E-state index in [2.05, 4.69) is 39.4 Å². The Labute approximate surface area is 165 Å². The molecule has 1 atom stereocenters. The molecule has 1 aromatic heterocycles. The molecule has 5 nitrogen and oxygen atoms in total. The fourth-order valence-electron chi connectivity index (χ4n) is 3.70. The Balaban J connectivity index is 1.41. The summed E-state index contributed by atoms with van der Waals surface area (Å²) < 4.78 is 5.69. The first-order valence-corrected chi connectivity index (χ1v) is 9.72. The van der Waals surface area contributed by atoms with Crippen molar-refractivity contribution in [3.05, 3.63) is 90.4 Å². The van der Waals surface area contributed by atoms with Crippen molar-refractivity contribution in [2.75, 3.05) is 37.6 Å². The molecule has 0 aliphatic carbocycles. The van der Waals surface area contributed by atoms with Crippen molar-refractivity contribution in [1.29, 1.82) is 0 Å². The van der Waals surface area contributed by atoms with Crippen molar-refractivity contribution in [3.63, 3.8) is 0 Å². The van der Waals surface area contributed by atoms with E-state index in [4.69, 9.17) is 4.42 Å². The lowest BCUT2D eigenvalue weighted by Gasteiger charge is -2.39. The number of piperazine rings is 1. The van der Waals surface area contributed by atoms with Crippen molar-refractivity contribution in [2.24, 2.45) is 0 Å². The number of benzene rings is 2. The lowest BCUT2D eigenvalue weighted by molar-refractivity contribution is 0.0923. The number of anilines is 1. The molecule has 0 saturated carbocycles. The number of nitrogens with zero attached hydrogens (tertiary/aromatic N) is 2. The third-order valence-corrected chi connectivity index (χ3v) is 5.24. The summed E-state index contributed by atoms with van der Waals surface area (Å²) >= 11 is 0. The maximum Gasteiger partial charge on any atom is 0.251 e. The van der Waals surface area contributed by atoms with Crippen LogP contribution in [0.5, 0.6) is 0 Å². The van der Waals surface area contributed by atoms with Gasteiger partial charge in [0.1, 0.15) is 5.76 Å². The van der Waals surface area contributed by atoms with Gasteiger partial charge in [-0.05, 0) is 36.4 Å². The summed E-state index contributed by atoms with van der Waals surface area (Å²) in [5.74, 6) is 0.835. The number of carbonyl (C=O) groups is 1. The number of furan rings is 1. The van der Waals surface area contributed by atoms with Crippen LogP contribution >= 0.6 is 0 Å². The van der Waals surface area contributed by atoms with Gasteiger partial charge in [-0.25, -0.2) is 0 Å². The topological polar surface area (TPSA) is 48.7 Å². The quantitative estimate of drug-likeness (QED) is 0.716. The molecule has 1 N–H and O–H groups in total. The van der Waals surface area contributed by atoms with Gasteiger partial charge in [0.2, 0.25) is 0 Å². The Morgan fingerprint density at radius 2 is 1.57 bits per heavy atom. The average Bonchev–Trinajstić information content (AvgIpc) is 3.30. The van der Waals surface area contributed by atoms with Crippen LogP contribution in [0.15, 0.2) is 83.5 Å². The first-order valence-electron chi connectivity index (χ1n) is 9.72. The number of rotatable bonds is 6. The molecule has 2 heterocycles. The minimum absolute atomic E-state index is 0.0283. The fourth-order valence-corrected chi connectivity index (χ4v) is 3.70. The molecule has 144 valence electrons. The van der Waals surface area contributed by atoms with E-state index in [0.29, 0.717) is 12.1 Å². The first kappa shape index (κ1) is 18.3. The zero-order valence-electron chi connectivity index (χ0n) is 15.8. The SMILES string of the molecule is O=C(NC[C@@H](c1ccco1)N1CCN(c2ccccc2)CC1)c1ccccc1. The molecule has 0 unspecified atom stereocenters. The smallest absolute Gasteiger partial charge is 0.251 e. The van der Waals surface area contributed by atoms with Gasteiger partial charge >= 0.3 is 0 Å². The highest BCUT2D eigenvalue weighted by Gasteiger charge is 2.27. The second-order valence-electron chi connectivity index (χ2n) is 6.97. The molecule has 1 fully saturated rings. The summed E-state index contributed by atoms with van der Waals surface area (Å²) in [6.07, 6.45) is 1.70. The summed E-state index contributed by atoms with van der Waals surface area (Å²) in [6, 6.07) is 23.7. The van der Waals surface area contributed by atoms with Crippen LogP contribution in [0, 0.1) is 0 Å². The molecule has 1 amide bonds. The van der Waals surface area contributed by atoms with Gasteiger partial charge in [0.15, 0.2) is 0 Å². The molecule has 2 aromatic carbocycles. The van der Waals surface area contributed by atoms with E-state index >= 15 is 0 Å². The maximum absolute atomic E-state index is 12.5. The molecule has 0 spiro atoms. The van der Waals surface area contributed by atoms with Crippen LogP contribution in [0.25, 0.3) is 0 Å². The Morgan fingerprint density at radius 1 is 0.893 bits per heavy atom. The molecular weight excluding hydrogens is 350 g/mol. The molecule has 0 bridgehead atoms. The van der Waals surface area contributed by atoms with E-state index in [1.165, 1.54) is 5.69 Å². The number of para-hydroxylation sites is 1. The number of carbonyl (C=O) groups excluding carboxylic acids is 1. The van der Waals surface area contributed by atoms with E-state index in [1.807, 2.05) is 48.5 Å². The molecule has 3 aromatic rings. The summed E-state index contributed by atoms with van der Waals surface area (Å²) in [6.45, 7) is 4.26. The summed E-state index contributed by atoms with van der Waals surface area (Å²) in [7, 11) is 0. The van der Waals surface area contributed by atoms with Crippen LogP contribution in [0.3, 0.4) is 0 Å².